The van der Waals surface area contributed by atoms with E-state index in [1.165, 1.54) is 37.7 Å². The SMILES string of the molecule is Cc1ccc(/C=N\NC(=O)CCC2CCCCC2)cc1. The van der Waals surface area contributed by atoms with Crippen molar-refractivity contribution in [1.82, 2.24) is 5.43 Å². The Bertz CT molecular complexity index is 445. The first-order chi connectivity index (χ1) is 9.74. The molecule has 1 amide bonds. The predicted octanol–water partition coefficient (Wildman–Crippen LogP) is 3.81. The molecule has 3 heteroatoms. The van der Waals surface area contributed by atoms with Gasteiger partial charge in [0.05, 0.1) is 6.21 Å². The summed E-state index contributed by atoms with van der Waals surface area (Å²) in [5, 5.41) is 4.01. The molecule has 1 fully saturated rings. The number of hydrogen-bond acceptors (Lipinski definition) is 2. The number of nitrogens with zero attached hydrogens (tertiary/aromatic N) is 1. The van der Waals surface area contributed by atoms with Gasteiger partial charge in [-0.3, -0.25) is 4.79 Å². The first-order valence-corrected chi connectivity index (χ1v) is 7.62. The number of rotatable bonds is 5. The fourth-order valence-corrected chi connectivity index (χ4v) is 2.70. The van der Waals surface area contributed by atoms with Crippen molar-refractivity contribution in [2.75, 3.05) is 0 Å². The van der Waals surface area contributed by atoms with E-state index < -0.39 is 0 Å². The summed E-state index contributed by atoms with van der Waals surface area (Å²) in [5.41, 5.74) is 4.84. The Balaban J connectivity index is 1.67. The Morgan fingerprint density at radius 1 is 1.25 bits per heavy atom. The molecule has 0 bridgehead atoms. The molecule has 1 aromatic rings. The number of aryl methyl sites for hydroxylation is 1. The number of carbonyl (C=O) groups is 1. The van der Waals surface area contributed by atoms with E-state index in [9.17, 15) is 4.79 Å². The van der Waals surface area contributed by atoms with Gasteiger partial charge in [-0.05, 0) is 24.8 Å². The van der Waals surface area contributed by atoms with Gasteiger partial charge in [-0.2, -0.15) is 5.10 Å². The summed E-state index contributed by atoms with van der Waals surface area (Å²) in [6.07, 6.45) is 9.90. The number of amides is 1. The highest BCUT2D eigenvalue weighted by atomic mass is 16.2. The molecule has 1 N–H and O–H groups in total. The van der Waals surface area contributed by atoms with Crippen LogP contribution in [0, 0.1) is 12.8 Å². The van der Waals surface area contributed by atoms with Crippen LogP contribution in [0.5, 0.6) is 0 Å². The Hall–Kier alpha value is -1.64. The van der Waals surface area contributed by atoms with Gasteiger partial charge in [0.2, 0.25) is 5.91 Å². The first kappa shape index (κ1) is 14.8. The van der Waals surface area contributed by atoms with Gasteiger partial charge in [0.15, 0.2) is 0 Å². The Labute approximate surface area is 121 Å². The van der Waals surface area contributed by atoms with Gasteiger partial charge in [-0.1, -0.05) is 61.9 Å². The molecule has 0 saturated heterocycles. The van der Waals surface area contributed by atoms with Crippen LogP contribution in [-0.2, 0) is 4.79 Å². The quantitative estimate of drug-likeness (QED) is 0.643. The lowest BCUT2D eigenvalue weighted by atomic mass is 9.86. The first-order valence-electron chi connectivity index (χ1n) is 7.62. The zero-order chi connectivity index (χ0) is 14.2. The molecule has 0 spiro atoms. The van der Waals surface area contributed by atoms with E-state index in [4.69, 9.17) is 0 Å². The van der Waals surface area contributed by atoms with Crippen molar-refractivity contribution in [2.45, 2.75) is 51.9 Å². The van der Waals surface area contributed by atoms with Crippen molar-refractivity contribution < 1.29 is 4.79 Å². The fourth-order valence-electron chi connectivity index (χ4n) is 2.70. The molecule has 1 aliphatic carbocycles. The second kappa shape index (κ2) is 7.83. The molecule has 108 valence electrons. The predicted molar refractivity (Wildman–Crippen MR) is 82.7 cm³/mol. The second-order valence-electron chi connectivity index (χ2n) is 5.75. The third kappa shape index (κ3) is 5.16. The normalized spacial score (nSPS) is 16.4. The molecule has 0 heterocycles. The molecule has 3 nitrogen and oxygen atoms in total. The molecule has 0 unspecified atom stereocenters. The van der Waals surface area contributed by atoms with Gasteiger partial charge in [-0.15, -0.1) is 0 Å². The standard InChI is InChI=1S/C17H24N2O/c1-14-7-9-16(10-8-14)13-18-19-17(20)12-11-15-5-3-2-4-6-15/h7-10,13,15H,2-6,11-12H2,1H3,(H,19,20)/b18-13-. The van der Waals surface area contributed by atoms with E-state index in [1.54, 1.807) is 6.21 Å². The monoisotopic (exact) mass is 272 g/mol. The van der Waals surface area contributed by atoms with Crippen molar-refractivity contribution in [1.29, 1.82) is 0 Å². The lowest BCUT2D eigenvalue weighted by Crippen LogP contribution is -2.19. The minimum Gasteiger partial charge on any atom is -0.273 e. The lowest BCUT2D eigenvalue weighted by molar-refractivity contribution is -0.121. The van der Waals surface area contributed by atoms with Gasteiger partial charge in [0.1, 0.15) is 0 Å². The summed E-state index contributed by atoms with van der Waals surface area (Å²) in [4.78, 5) is 11.7. The molecule has 1 aliphatic rings. The molecule has 1 saturated carbocycles. The van der Waals surface area contributed by atoms with Crippen LogP contribution in [0.4, 0.5) is 0 Å². The summed E-state index contributed by atoms with van der Waals surface area (Å²) in [6, 6.07) is 8.05. The second-order valence-corrected chi connectivity index (χ2v) is 5.75. The summed E-state index contributed by atoms with van der Waals surface area (Å²) in [7, 11) is 0. The molecule has 1 aromatic carbocycles. The van der Waals surface area contributed by atoms with Crippen LogP contribution in [0.15, 0.2) is 29.4 Å². The maximum absolute atomic E-state index is 11.7. The zero-order valence-electron chi connectivity index (χ0n) is 12.3. The van der Waals surface area contributed by atoms with Crippen molar-refractivity contribution >= 4 is 12.1 Å². The zero-order valence-corrected chi connectivity index (χ0v) is 12.3. The molecule has 0 aromatic heterocycles. The molecular weight excluding hydrogens is 248 g/mol. The Morgan fingerprint density at radius 3 is 2.65 bits per heavy atom. The van der Waals surface area contributed by atoms with Crippen LogP contribution in [0.25, 0.3) is 0 Å². The average molecular weight is 272 g/mol. The molecule has 0 atom stereocenters. The molecule has 0 radical (unpaired) electrons. The molecule has 0 aliphatic heterocycles. The van der Waals surface area contributed by atoms with Crippen molar-refractivity contribution in [3.8, 4) is 0 Å². The number of benzene rings is 1. The Morgan fingerprint density at radius 2 is 1.95 bits per heavy atom. The van der Waals surface area contributed by atoms with E-state index in [1.807, 2.05) is 31.2 Å². The van der Waals surface area contributed by atoms with Crippen LogP contribution >= 0.6 is 0 Å². The summed E-state index contributed by atoms with van der Waals surface area (Å²) < 4.78 is 0. The highest BCUT2D eigenvalue weighted by Crippen LogP contribution is 2.27. The van der Waals surface area contributed by atoms with Crippen LogP contribution in [0.2, 0.25) is 0 Å². The van der Waals surface area contributed by atoms with Gasteiger partial charge in [0.25, 0.3) is 0 Å². The van der Waals surface area contributed by atoms with Crippen LogP contribution < -0.4 is 5.43 Å². The lowest BCUT2D eigenvalue weighted by Gasteiger charge is -2.20. The van der Waals surface area contributed by atoms with Gasteiger partial charge in [-0.25, -0.2) is 5.43 Å². The van der Waals surface area contributed by atoms with E-state index in [-0.39, 0.29) is 5.91 Å². The van der Waals surface area contributed by atoms with E-state index in [0.717, 1.165) is 17.9 Å². The van der Waals surface area contributed by atoms with Crippen molar-refractivity contribution in [3.63, 3.8) is 0 Å². The minimum absolute atomic E-state index is 0.0268. The van der Waals surface area contributed by atoms with E-state index in [2.05, 4.69) is 10.5 Å². The fraction of sp³-hybridized carbons (Fsp3) is 0.529. The highest BCUT2D eigenvalue weighted by molar-refractivity contribution is 5.82. The largest absolute Gasteiger partial charge is 0.273 e. The summed E-state index contributed by atoms with van der Waals surface area (Å²) >= 11 is 0. The van der Waals surface area contributed by atoms with E-state index in [0.29, 0.717) is 6.42 Å². The third-order valence-electron chi connectivity index (χ3n) is 3.98. The Kier molecular flexibility index (Phi) is 5.78. The van der Waals surface area contributed by atoms with Crippen LogP contribution in [0.1, 0.15) is 56.1 Å². The third-order valence-corrected chi connectivity index (χ3v) is 3.98. The molecular formula is C17H24N2O. The van der Waals surface area contributed by atoms with Gasteiger partial charge < -0.3 is 0 Å². The summed E-state index contributed by atoms with van der Waals surface area (Å²) in [6.45, 7) is 2.05. The number of hydrogen-bond donors (Lipinski definition) is 1. The number of hydrazone groups is 1. The molecule has 20 heavy (non-hydrogen) atoms. The summed E-state index contributed by atoms with van der Waals surface area (Å²) in [5.74, 6) is 0.773. The maximum atomic E-state index is 11.7. The minimum atomic E-state index is 0.0268. The van der Waals surface area contributed by atoms with Gasteiger partial charge in [0, 0.05) is 6.42 Å². The van der Waals surface area contributed by atoms with Crippen molar-refractivity contribution in [3.05, 3.63) is 35.4 Å². The number of carbonyl (C=O) groups excluding carboxylic acids is 1. The average Bonchev–Trinajstić information content (AvgIpc) is 2.48. The van der Waals surface area contributed by atoms with E-state index >= 15 is 0 Å². The molecule has 2 rings (SSSR count). The smallest absolute Gasteiger partial charge is 0.240 e. The van der Waals surface area contributed by atoms with Crippen molar-refractivity contribution in [2.24, 2.45) is 11.0 Å². The highest BCUT2D eigenvalue weighted by Gasteiger charge is 2.14. The van der Waals surface area contributed by atoms with Crippen LogP contribution in [-0.4, -0.2) is 12.1 Å². The topological polar surface area (TPSA) is 41.5 Å². The number of nitrogens with one attached hydrogen (secondary N) is 1. The van der Waals surface area contributed by atoms with Crippen LogP contribution in [0.3, 0.4) is 0 Å². The van der Waals surface area contributed by atoms with Gasteiger partial charge >= 0.3 is 0 Å². The maximum Gasteiger partial charge on any atom is 0.240 e.